The van der Waals surface area contributed by atoms with Gasteiger partial charge in [-0.25, -0.2) is 0 Å². The highest BCUT2D eigenvalue weighted by Crippen LogP contribution is 2.63. The molecule has 1 aliphatic carbocycles. The summed E-state index contributed by atoms with van der Waals surface area (Å²) in [4.78, 5) is 50.7. The topological polar surface area (TPSA) is 74.8 Å². The summed E-state index contributed by atoms with van der Waals surface area (Å²) < 4.78 is 86.0. The molecule has 1 fully saturated rings. The molecule has 1 aromatic carbocycles. The van der Waals surface area contributed by atoms with Crippen LogP contribution in [0.1, 0.15) is 38.8 Å². The molecule has 4 amide bonds. The second-order valence-electron chi connectivity index (χ2n) is 7.74. The van der Waals surface area contributed by atoms with Gasteiger partial charge in [0, 0.05) is 13.6 Å². The third kappa shape index (κ3) is 2.35. The molecule has 0 bridgehead atoms. The largest absolute Gasteiger partial charge is 0.408 e. The molecule has 0 N–H and O–H groups in total. The lowest BCUT2D eigenvalue weighted by Crippen LogP contribution is -2.63. The Morgan fingerprint density at radius 1 is 0.935 bits per heavy atom. The first-order valence-electron chi connectivity index (χ1n) is 9.18. The number of carbonyl (C=O) groups excluding carboxylic acids is 4. The number of amides is 4. The Morgan fingerprint density at radius 2 is 1.45 bits per heavy atom. The fourth-order valence-corrected chi connectivity index (χ4v) is 5.00. The van der Waals surface area contributed by atoms with Crippen LogP contribution in [-0.2, 0) is 21.4 Å². The molecule has 4 rings (SSSR count). The Bertz CT molecular complexity index is 1050. The molecule has 166 valence electrons. The minimum atomic E-state index is -6.02. The number of hydrogen-bond acceptors (Lipinski definition) is 4. The first kappa shape index (κ1) is 21.3. The Morgan fingerprint density at radius 3 is 1.94 bits per heavy atom. The Hall–Kier alpha value is -2.92. The summed E-state index contributed by atoms with van der Waals surface area (Å²) in [5.41, 5.74) is -7.47. The van der Waals surface area contributed by atoms with Crippen LogP contribution in [0.5, 0.6) is 0 Å². The van der Waals surface area contributed by atoms with Crippen LogP contribution in [0.3, 0.4) is 0 Å². The maximum atomic E-state index is 14.3. The summed E-state index contributed by atoms with van der Waals surface area (Å²) in [6.45, 7) is 1.29. The number of carbonyl (C=O) groups is 4. The van der Waals surface area contributed by atoms with Crippen LogP contribution in [0.25, 0.3) is 0 Å². The minimum Gasteiger partial charge on any atom is -0.285 e. The maximum absolute atomic E-state index is 14.3. The molecule has 0 aromatic heterocycles. The molecule has 6 nitrogen and oxygen atoms in total. The number of hydrogen-bond donors (Lipinski definition) is 0. The van der Waals surface area contributed by atoms with Crippen molar-refractivity contribution in [2.45, 2.75) is 31.1 Å². The monoisotopic (exact) mass is 448 g/mol. The molecule has 3 aliphatic rings. The summed E-state index contributed by atoms with van der Waals surface area (Å²) in [7, 11) is 0.831. The number of rotatable bonds is 1. The molecular formula is C19H14F6N2O4. The summed E-state index contributed by atoms with van der Waals surface area (Å²) in [6.07, 6.45) is -12.6. The second kappa shape index (κ2) is 6.07. The van der Waals surface area contributed by atoms with Gasteiger partial charge in [0.2, 0.25) is 11.8 Å². The van der Waals surface area contributed by atoms with E-state index in [9.17, 15) is 45.5 Å². The van der Waals surface area contributed by atoms with E-state index in [4.69, 9.17) is 0 Å². The molecule has 0 saturated carbocycles. The average molecular weight is 448 g/mol. The smallest absolute Gasteiger partial charge is 0.285 e. The van der Waals surface area contributed by atoms with E-state index in [0.717, 1.165) is 13.1 Å². The Labute approximate surface area is 170 Å². The Kier molecular flexibility index (Phi) is 4.17. The highest BCUT2D eigenvalue weighted by molar-refractivity contribution is 6.21. The van der Waals surface area contributed by atoms with Crippen LogP contribution >= 0.6 is 0 Å². The quantitative estimate of drug-likeness (QED) is 0.489. The molecule has 1 saturated heterocycles. The van der Waals surface area contributed by atoms with Crippen molar-refractivity contribution >= 4 is 23.6 Å². The van der Waals surface area contributed by atoms with Crippen molar-refractivity contribution in [3.05, 3.63) is 34.4 Å². The first-order chi connectivity index (χ1) is 14.2. The third-order valence-corrected chi connectivity index (χ3v) is 6.38. The van der Waals surface area contributed by atoms with Crippen molar-refractivity contribution in [3.8, 4) is 0 Å². The standard InChI is InChI=1S/C19H14F6N2O4/c1-3-27-14(29)8-4-7-5-10-12(16(31)26(2)13(10)28)17(18(20,21)22,19(23,24)25)11(7)6-9(8)15(27)30/h4,6,10,12H,3,5H2,1-2H3. The van der Waals surface area contributed by atoms with Crippen molar-refractivity contribution in [3.63, 3.8) is 0 Å². The first-order valence-corrected chi connectivity index (χ1v) is 9.18. The van der Waals surface area contributed by atoms with Crippen LogP contribution in [-0.4, -0.2) is 59.4 Å². The van der Waals surface area contributed by atoms with E-state index in [0.29, 0.717) is 11.0 Å². The molecule has 2 aliphatic heterocycles. The SMILES string of the molecule is CCN1C(=O)c2cc3c(cc2C1=O)C(C(F)(F)F)(C(F)(F)F)C1C(=O)N(C)C(=O)C1C3. The van der Waals surface area contributed by atoms with Gasteiger partial charge in [-0.15, -0.1) is 0 Å². The molecule has 2 atom stereocenters. The number of halogens is 6. The molecular weight excluding hydrogens is 434 g/mol. The number of fused-ring (bicyclic) bond motifs is 3. The van der Waals surface area contributed by atoms with Gasteiger partial charge in [-0.05, 0) is 36.6 Å². The number of likely N-dealkylation sites (tertiary alicyclic amines) is 1. The Balaban J connectivity index is 2.11. The van der Waals surface area contributed by atoms with Gasteiger partial charge in [0.25, 0.3) is 11.8 Å². The summed E-state index contributed by atoms with van der Waals surface area (Å²) in [5, 5.41) is 0. The molecule has 1 aromatic rings. The molecule has 12 heteroatoms. The van der Waals surface area contributed by atoms with Crippen LogP contribution in [0, 0.1) is 11.8 Å². The van der Waals surface area contributed by atoms with Gasteiger partial charge in [-0.3, -0.25) is 29.0 Å². The third-order valence-electron chi connectivity index (χ3n) is 6.38. The second-order valence-corrected chi connectivity index (χ2v) is 7.74. The number of nitrogens with zero attached hydrogens (tertiary/aromatic N) is 2. The number of benzene rings is 1. The maximum Gasteiger partial charge on any atom is 0.408 e. The highest BCUT2D eigenvalue weighted by atomic mass is 19.4. The van der Waals surface area contributed by atoms with Crippen molar-refractivity contribution in [2.24, 2.45) is 11.8 Å². The van der Waals surface area contributed by atoms with E-state index in [1.807, 2.05) is 0 Å². The predicted octanol–water partition coefficient (Wildman–Crippen LogP) is 2.45. The zero-order valence-electron chi connectivity index (χ0n) is 16.0. The van der Waals surface area contributed by atoms with Crippen molar-refractivity contribution in [2.75, 3.05) is 13.6 Å². The van der Waals surface area contributed by atoms with E-state index < -0.39 is 76.3 Å². The van der Waals surface area contributed by atoms with E-state index in [2.05, 4.69) is 0 Å². The fraction of sp³-hybridized carbons (Fsp3) is 0.474. The lowest BCUT2D eigenvalue weighted by molar-refractivity contribution is -0.320. The molecule has 31 heavy (non-hydrogen) atoms. The van der Waals surface area contributed by atoms with Gasteiger partial charge in [-0.1, -0.05) is 0 Å². The van der Waals surface area contributed by atoms with E-state index >= 15 is 0 Å². The van der Waals surface area contributed by atoms with Crippen molar-refractivity contribution < 1.29 is 45.5 Å². The molecule has 0 spiro atoms. The van der Waals surface area contributed by atoms with Gasteiger partial charge in [0.05, 0.1) is 23.0 Å². The predicted molar refractivity (Wildman–Crippen MR) is 89.7 cm³/mol. The van der Waals surface area contributed by atoms with Crippen molar-refractivity contribution in [1.82, 2.24) is 9.80 Å². The van der Waals surface area contributed by atoms with Crippen LogP contribution < -0.4 is 0 Å². The van der Waals surface area contributed by atoms with Crippen LogP contribution in [0.2, 0.25) is 0 Å². The fourth-order valence-electron chi connectivity index (χ4n) is 5.00. The van der Waals surface area contributed by atoms with Crippen molar-refractivity contribution in [1.29, 1.82) is 0 Å². The van der Waals surface area contributed by atoms with Gasteiger partial charge in [0.1, 0.15) is 0 Å². The van der Waals surface area contributed by atoms with E-state index in [1.54, 1.807) is 0 Å². The summed E-state index contributed by atoms with van der Waals surface area (Å²) >= 11 is 0. The normalized spacial score (nSPS) is 25.2. The molecule has 0 radical (unpaired) electrons. The summed E-state index contributed by atoms with van der Waals surface area (Å²) in [6, 6.07) is 1.24. The van der Waals surface area contributed by atoms with Gasteiger partial charge < -0.3 is 0 Å². The molecule has 2 unspecified atom stereocenters. The lowest BCUT2D eigenvalue weighted by Gasteiger charge is -2.46. The summed E-state index contributed by atoms with van der Waals surface area (Å²) in [5.74, 6) is -9.27. The number of alkyl halides is 6. The number of imide groups is 2. The lowest BCUT2D eigenvalue weighted by atomic mass is 9.58. The van der Waals surface area contributed by atoms with Crippen LogP contribution in [0.15, 0.2) is 12.1 Å². The van der Waals surface area contributed by atoms with E-state index in [1.165, 1.54) is 6.92 Å². The highest BCUT2D eigenvalue weighted by Gasteiger charge is 2.81. The van der Waals surface area contributed by atoms with Gasteiger partial charge in [-0.2, -0.15) is 26.3 Å². The minimum absolute atomic E-state index is 0.131. The zero-order chi connectivity index (χ0) is 23.3. The van der Waals surface area contributed by atoms with Crippen LogP contribution in [0.4, 0.5) is 26.3 Å². The molecule has 2 heterocycles. The zero-order valence-corrected chi connectivity index (χ0v) is 16.0. The van der Waals surface area contributed by atoms with E-state index in [-0.39, 0.29) is 17.0 Å². The van der Waals surface area contributed by atoms with Gasteiger partial charge >= 0.3 is 12.4 Å². The van der Waals surface area contributed by atoms with Gasteiger partial charge in [0.15, 0.2) is 5.41 Å². The average Bonchev–Trinajstić information content (AvgIpc) is 3.02.